The minimum absolute atomic E-state index is 0.199. The molecule has 0 radical (unpaired) electrons. The molecule has 0 fully saturated rings. The molecule has 0 aliphatic carbocycles. The zero-order chi connectivity index (χ0) is 20.8. The van der Waals surface area contributed by atoms with E-state index < -0.39 is 11.7 Å². The summed E-state index contributed by atoms with van der Waals surface area (Å²) >= 11 is 0. The van der Waals surface area contributed by atoms with Gasteiger partial charge in [-0.25, -0.2) is 4.79 Å². The first-order valence-corrected chi connectivity index (χ1v) is 10.8. The zero-order valence-electron chi connectivity index (χ0n) is 18.3. The fraction of sp³-hybridized carbons (Fsp3) is 0.667. The fourth-order valence-corrected chi connectivity index (χ4v) is 3.16. The van der Waals surface area contributed by atoms with Gasteiger partial charge in [-0.1, -0.05) is 63.3 Å². The second kappa shape index (κ2) is 13.4. The molecule has 0 aliphatic heterocycles. The Bertz CT molecular complexity index is 560. The second-order valence-corrected chi connectivity index (χ2v) is 8.62. The normalized spacial score (nSPS) is 12.4. The summed E-state index contributed by atoms with van der Waals surface area (Å²) < 4.78 is 5.28. The molecule has 1 rings (SSSR count). The smallest absolute Gasteiger partial charge is 0.407 e. The Morgan fingerprint density at radius 2 is 1.57 bits per heavy atom. The second-order valence-electron chi connectivity index (χ2n) is 8.62. The van der Waals surface area contributed by atoms with Crippen LogP contribution in [0.5, 0.6) is 0 Å². The number of ether oxygens (including phenoxy) is 1. The van der Waals surface area contributed by atoms with E-state index in [2.05, 4.69) is 36.5 Å². The molecule has 0 unspecified atom stereocenters. The first-order chi connectivity index (χ1) is 13.3. The Labute approximate surface area is 171 Å². The van der Waals surface area contributed by atoms with Gasteiger partial charge in [0.1, 0.15) is 11.9 Å². The van der Waals surface area contributed by atoms with Gasteiger partial charge in [0, 0.05) is 12.5 Å². The molecular weight excluding hydrogens is 350 g/mol. The van der Waals surface area contributed by atoms with E-state index in [9.17, 15) is 9.59 Å². The van der Waals surface area contributed by atoms with Crippen molar-refractivity contribution in [2.24, 2.45) is 0 Å². The Balaban J connectivity index is 2.38. The lowest BCUT2D eigenvalue weighted by Crippen LogP contribution is -2.39. The van der Waals surface area contributed by atoms with Crippen LogP contribution in [0.2, 0.25) is 0 Å². The first-order valence-electron chi connectivity index (χ1n) is 10.8. The number of aldehydes is 1. The van der Waals surface area contributed by atoms with Crippen LogP contribution in [0.15, 0.2) is 24.3 Å². The van der Waals surface area contributed by atoms with Gasteiger partial charge in [-0.05, 0) is 57.6 Å². The van der Waals surface area contributed by atoms with E-state index in [1.54, 1.807) is 0 Å². The van der Waals surface area contributed by atoms with Crippen molar-refractivity contribution in [1.29, 1.82) is 0 Å². The predicted molar refractivity (Wildman–Crippen MR) is 116 cm³/mol. The number of benzene rings is 1. The number of unbranched alkanes of at least 4 members (excludes halogenated alkanes) is 5. The van der Waals surface area contributed by atoms with Gasteiger partial charge in [-0.3, -0.25) is 0 Å². The van der Waals surface area contributed by atoms with Gasteiger partial charge in [-0.2, -0.15) is 0 Å². The van der Waals surface area contributed by atoms with E-state index in [-0.39, 0.29) is 6.04 Å². The predicted octanol–water partition coefficient (Wildman–Crippen LogP) is 6.00. The van der Waals surface area contributed by atoms with Gasteiger partial charge in [-0.15, -0.1) is 0 Å². The topological polar surface area (TPSA) is 55.4 Å². The number of carbonyl (C=O) groups is 2. The molecule has 1 atom stereocenters. The van der Waals surface area contributed by atoms with Gasteiger partial charge >= 0.3 is 6.09 Å². The Morgan fingerprint density at radius 3 is 2.14 bits per heavy atom. The molecule has 1 aromatic rings. The van der Waals surface area contributed by atoms with Gasteiger partial charge in [0.05, 0.1) is 0 Å². The monoisotopic (exact) mass is 389 g/mol. The maximum absolute atomic E-state index is 11.9. The van der Waals surface area contributed by atoms with Gasteiger partial charge < -0.3 is 14.8 Å². The number of carbonyl (C=O) groups excluding carboxylic acids is 2. The van der Waals surface area contributed by atoms with E-state index in [1.165, 1.54) is 49.7 Å². The molecule has 0 spiro atoms. The highest BCUT2D eigenvalue weighted by atomic mass is 16.6. The number of hydrogen-bond acceptors (Lipinski definition) is 3. The minimum atomic E-state index is -0.540. The van der Waals surface area contributed by atoms with Crippen molar-refractivity contribution in [2.75, 3.05) is 0 Å². The molecule has 1 aromatic carbocycles. The number of amides is 1. The van der Waals surface area contributed by atoms with Gasteiger partial charge in [0.25, 0.3) is 0 Å². The molecule has 0 heterocycles. The molecule has 1 amide bonds. The van der Waals surface area contributed by atoms with Crippen LogP contribution in [0.4, 0.5) is 4.79 Å². The van der Waals surface area contributed by atoms with Crippen LogP contribution in [-0.4, -0.2) is 24.0 Å². The average Bonchev–Trinajstić information content (AvgIpc) is 2.62. The average molecular weight is 390 g/mol. The maximum Gasteiger partial charge on any atom is 0.407 e. The third-order valence-corrected chi connectivity index (χ3v) is 4.73. The first kappa shape index (κ1) is 24.2. The number of alkyl carbamates (subject to hydrolysis) is 1. The summed E-state index contributed by atoms with van der Waals surface area (Å²) in [6, 6.07) is 8.54. The third-order valence-electron chi connectivity index (χ3n) is 4.73. The van der Waals surface area contributed by atoms with Crippen molar-refractivity contribution >= 4 is 12.4 Å². The van der Waals surface area contributed by atoms with Crippen LogP contribution in [0.25, 0.3) is 0 Å². The third kappa shape index (κ3) is 11.8. The lowest BCUT2D eigenvalue weighted by Gasteiger charge is -2.23. The quantitative estimate of drug-likeness (QED) is 0.332. The lowest BCUT2D eigenvalue weighted by molar-refractivity contribution is -0.108. The van der Waals surface area contributed by atoms with E-state index in [0.29, 0.717) is 6.42 Å². The summed E-state index contributed by atoms with van der Waals surface area (Å²) in [5, 5.41) is 2.81. The summed E-state index contributed by atoms with van der Waals surface area (Å²) in [7, 11) is 0. The maximum atomic E-state index is 11.9. The molecular formula is C24H39NO3. The van der Waals surface area contributed by atoms with Crippen LogP contribution in [0.1, 0.15) is 90.2 Å². The van der Waals surface area contributed by atoms with Crippen LogP contribution in [-0.2, 0) is 22.4 Å². The molecule has 0 saturated carbocycles. The van der Waals surface area contributed by atoms with Crippen LogP contribution in [0, 0.1) is 0 Å². The molecule has 1 N–H and O–H groups in total. The molecule has 158 valence electrons. The minimum Gasteiger partial charge on any atom is -0.444 e. The Morgan fingerprint density at radius 1 is 1.00 bits per heavy atom. The van der Waals surface area contributed by atoms with Crippen molar-refractivity contribution in [3.8, 4) is 0 Å². The molecule has 4 heteroatoms. The number of aryl methyl sites for hydroxylation is 2. The summed E-state index contributed by atoms with van der Waals surface area (Å²) in [4.78, 5) is 22.9. The van der Waals surface area contributed by atoms with Crippen molar-refractivity contribution in [3.63, 3.8) is 0 Å². The van der Waals surface area contributed by atoms with Crippen molar-refractivity contribution in [1.82, 2.24) is 5.32 Å². The molecule has 0 aliphatic rings. The van der Waals surface area contributed by atoms with Crippen molar-refractivity contribution < 1.29 is 14.3 Å². The zero-order valence-corrected chi connectivity index (χ0v) is 18.3. The highest BCUT2D eigenvalue weighted by Crippen LogP contribution is 2.14. The Hall–Kier alpha value is -1.84. The summed E-state index contributed by atoms with van der Waals surface area (Å²) in [6.07, 6.45) is 11.3. The summed E-state index contributed by atoms with van der Waals surface area (Å²) in [5.74, 6) is 0. The van der Waals surface area contributed by atoms with E-state index in [4.69, 9.17) is 4.74 Å². The van der Waals surface area contributed by atoms with Crippen LogP contribution >= 0.6 is 0 Å². The highest BCUT2D eigenvalue weighted by molar-refractivity contribution is 5.68. The summed E-state index contributed by atoms with van der Waals surface area (Å²) in [5.41, 5.74) is 2.07. The van der Waals surface area contributed by atoms with Gasteiger partial charge in [0.2, 0.25) is 0 Å². The van der Waals surface area contributed by atoms with Crippen LogP contribution in [0.3, 0.4) is 0 Å². The van der Waals surface area contributed by atoms with E-state index in [1.807, 2.05) is 20.8 Å². The van der Waals surface area contributed by atoms with Crippen molar-refractivity contribution in [2.45, 2.75) is 104 Å². The van der Waals surface area contributed by atoms with Gasteiger partial charge in [0.15, 0.2) is 0 Å². The lowest BCUT2D eigenvalue weighted by atomic mass is 10.00. The van der Waals surface area contributed by atoms with Crippen LogP contribution < -0.4 is 5.32 Å². The summed E-state index contributed by atoms with van der Waals surface area (Å²) in [6.45, 7) is 7.73. The SMILES string of the molecule is CCCCCCCCc1ccc(CC[C@H](CC=O)NC(=O)OC(C)(C)C)cc1. The fourth-order valence-electron chi connectivity index (χ4n) is 3.16. The molecule has 0 saturated heterocycles. The number of nitrogens with one attached hydrogen (secondary N) is 1. The highest BCUT2D eigenvalue weighted by Gasteiger charge is 2.19. The molecule has 0 aromatic heterocycles. The van der Waals surface area contributed by atoms with Crippen molar-refractivity contribution in [3.05, 3.63) is 35.4 Å². The largest absolute Gasteiger partial charge is 0.444 e. The molecule has 0 bridgehead atoms. The number of rotatable bonds is 13. The standard InChI is InChI=1S/C24H39NO3/c1-5-6-7-8-9-10-11-20-12-14-21(15-13-20)16-17-22(18-19-26)25-23(27)28-24(2,3)4/h12-15,19,22H,5-11,16-18H2,1-4H3,(H,25,27)/t22-/m1/s1. The Kier molecular flexibility index (Phi) is 11.5. The molecule has 28 heavy (non-hydrogen) atoms. The molecule has 4 nitrogen and oxygen atoms in total. The van der Waals surface area contributed by atoms with E-state index in [0.717, 1.165) is 25.5 Å². The van der Waals surface area contributed by atoms with E-state index >= 15 is 0 Å². The number of hydrogen-bond donors (Lipinski definition) is 1.